The van der Waals surface area contributed by atoms with Gasteiger partial charge in [0, 0.05) is 25.9 Å². The van der Waals surface area contributed by atoms with Gasteiger partial charge in [-0.15, -0.1) is 12.4 Å². The van der Waals surface area contributed by atoms with E-state index in [0.29, 0.717) is 19.8 Å². The Morgan fingerprint density at radius 3 is 1.62 bits per heavy atom. The van der Waals surface area contributed by atoms with Crippen molar-refractivity contribution in [2.75, 3.05) is 26.4 Å². The van der Waals surface area contributed by atoms with Crippen molar-refractivity contribution in [2.45, 2.75) is 39.7 Å². The molecule has 0 aliphatic heterocycles. The summed E-state index contributed by atoms with van der Waals surface area (Å²) >= 11 is 0. The molecule has 0 saturated carbocycles. The molecule has 4 nitrogen and oxygen atoms in total. The van der Waals surface area contributed by atoms with Crippen molar-refractivity contribution < 1.29 is 13.3 Å². The average molecular weight is 272 g/mol. The molecular formula is C10H26ClNO3Si. The van der Waals surface area contributed by atoms with Gasteiger partial charge in [0.05, 0.1) is 0 Å². The van der Waals surface area contributed by atoms with Gasteiger partial charge < -0.3 is 19.0 Å². The second-order valence-corrected chi connectivity index (χ2v) is 5.96. The first-order chi connectivity index (χ1) is 7.24. The van der Waals surface area contributed by atoms with Crippen LogP contribution in [-0.4, -0.2) is 35.2 Å². The minimum atomic E-state index is -2.39. The SMILES string of the molecule is CCO[Si](CCCCN)(OCC)OCC.Cl. The first-order valence-corrected chi connectivity index (χ1v) is 7.79. The molecule has 0 rings (SSSR count). The van der Waals surface area contributed by atoms with Gasteiger partial charge >= 0.3 is 8.80 Å². The van der Waals surface area contributed by atoms with Gasteiger partial charge in [-0.25, -0.2) is 0 Å². The molecule has 100 valence electrons. The van der Waals surface area contributed by atoms with Crippen molar-refractivity contribution in [2.24, 2.45) is 5.73 Å². The van der Waals surface area contributed by atoms with Crippen LogP contribution in [0.5, 0.6) is 0 Å². The molecule has 0 aliphatic carbocycles. The van der Waals surface area contributed by atoms with Gasteiger partial charge in [0.15, 0.2) is 0 Å². The number of rotatable bonds is 10. The van der Waals surface area contributed by atoms with Crippen LogP contribution in [-0.2, 0) is 13.3 Å². The van der Waals surface area contributed by atoms with E-state index >= 15 is 0 Å². The summed E-state index contributed by atoms with van der Waals surface area (Å²) in [6.07, 6.45) is 2.02. The third-order valence-corrected chi connectivity index (χ3v) is 5.18. The van der Waals surface area contributed by atoms with E-state index < -0.39 is 8.80 Å². The quantitative estimate of drug-likeness (QED) is 0.489. The molecule has 0 atom stereocenters. The Balaban J connectivity index is 0. The summed E-state index contributed by atoms with van der Waals surface area (Å²) < 4.78 is 17.1. The Morgan fingerprint density at radius 2 is 1.31 bits per heavy atom. The molecular weight excluding hydrogens is 246 g/mol. The Labute approximate surface area is 107 Å². The highest BCUT2D eigenvalue weighted by atomic mass is 35.5. The molecule has 0 heterocycles. The first-order valence-electron chi connectivity index (χ1n) is 5.86. The summed E-state index contributed by atoms with van der Waals surface area (Å²) in [4.78, 5) is 0. The van der Waals surface area contributed by atoms with Crippen LogP contribution < -0.4 is 5.73 Å². The number of unbranched alkanes of at least 4 members (excludes halogenated alkanes) is 1. The fourth-order valence-corrected chi connectivity index (χ4v) is 4.17. The Morgan fingerprint density at radius 1 is 0.875 bits per heavy atom. The lowest BCUT2D eigenvalue weighted by molar-refractivity contribution is 0.0707. The molecule has 6 heteroatoms. The van der Waals surface area contributed by atoms with Crippen LogP contribution >= 0.6 is 12.4 Å². The number of halogens is 1. The lowest BCUT2D eigenvalue weighted by Gasteiger charge is -2.28. The molecule has 0 bridgehead atoms. The van der Waals surface area contributed by atoms with E-state index in [2.05, 4.69) is 0 Å². The van der Waals surface area contributed by atoms with Crippen LogP contribution in [0.15, 0.2) is 0 Å². The molecule has 2 N–H and O–H groups in total. The van der Waals surface area contributed by atoms with Crippen LogP contribution in [0.2, 0.25) is 6.04 Å². The van der Waals surface area contributed by atoms with Crippen molar-refractivity contribution in [3.8, 4) is 0 Å². The maximum atomic E-state index is 5.71. The van der Waals surface area contributed by atoms with Gasteiger partial charge in [-0.05, 0) is 40.2 Å². The van der Waals surface area contributed by atoms with E-state index in [1.807, 2.05) is 20.8 Å². The van der Waals surface area contributed by atoms with Gasteiger partial charge in [-0.1, -0.05) is 0 Å². The van der Waals surface area contributed by atoms with Crippen LogP contribution in [0.3, 0.4) is 0 Å². The van der Waals surface area contributed by atoms with Crippen molar-refractivity contribution in [3.05, 3.63) is 0 Å². The number of hydrogen-bond donors (Lipinski definition) is 1. The average Bonchev–Trinajstić information content (AvgIpc) is 2.19. The summed E-state index contributed by atoms with van der Waals surface area (Å²) in [6, 6.07) is 0.875. The lowest BCUT2D eigenvalue weighted by atomic mass is 10.3. The molecule has 0 spiro atoms. The van der Waals surface area contributed by atoms with Gasteiger partial charge in [-0.3, -0.25) is 0 Å². The molecule has 0 saturated heterocycles. The highest BCUT2D eigenvalue weighted by Crippen LogP contribution is 2.18. The Kier molecular flexibility index (Phi) is 13.8. The zero-order valence-electron chi connectivity index (χ0n) is 10.7. The third kappa shape index (κ3) is 7.59. The van der Waals surface area contributed by atoms with Gasteiger partial charge in [-0.2, -0.15) is 0 Å². The van der Waals surface area contributed by atoms with Crippen LogP contribution in [0.25, 0.3) is 0 Å². The van der Waals surface area contributed by atoms with Crippen molar-refractivity contribution in [3.63, 3.8) is 0 Å². The van der Waals surface area contributed by atoms with Crippen molar-refractivity contribution in [1.82, 2.24) is 0 Å². The number of nitrogens with two attached hydrogens (primary N) is 1. The topological polar surface area (TPSA) is 53.7 Å². The molecule has 0 unspecified atom stereocenters. The second kappa shape index (κ2) is 11.8. The van der Waals surface area contributed by atoms with Crippen LogP contribution in [0.4, 0.5) is 0 Å². The summed E-state index contributed by atoms with van der Waals surface area (Å²) in [6.45, 7) is 8.58. The molecule has 0 amide bonds. The van der Waals surface area contributed by atoms with E-state index in [-0.39, 0.29) is 12.4 Å². The Bertz CT molecular complexity index is 135. The van der Waals surface area contributed by atoms with E-state index in [1.165, 1.54) is 0 Å². The predicted octanol–water partition coefficient (Wildman–Crippen LogP) is 2.20. The molecule has 0 fully saturated rings. The third-order valence-electron chi connectivity index (χ3n) is 2.03. The van der Waals surface area contributed by atoms with Gasteiger partial charge in [0.2, 0.25) is 0 Å². The first kappa shape index (κ1) is 18.7. The lowest BCUT2D eigenvalue weighted by Crippen LogP contribution is -2.45. The predicted molar refractivity (Wildman–Crippen MR) is 71.0 cm³/mol. The number of hydrogen-bond acceptors (Lipinski definition) is 4. The summed E-state index contributed by atoms with van der Waals surface area (Å²) in [5.41, 5.74) is 5.47. The highest BCUT2D eigenvalue weighted by molar-refractivity contribution is 6.60. The second-order valence-electron chi connectivity index (χ2n) is 3.23. The van der Waals surface area contributed by atoms with Crippen LogP contribution in [0, 0.1) is 0 Å². The zero-order chi connectivity index (χ0) is 11.6. The molecule has 0 aromatic heterocycles. The Hall–Kier alpha value is 0.347. The van der Waals surface area contributed by atoms with E-state index in [1.54, 1.807) is 0 Å². The maximum absolute atomic E-state index is 5.71. The molecule has 16 heavy (non-hydrogen) atoms. The fourth-order valence-electron chi connectivity index (χ4n) is 1.49. The summed E-state index contributed by atoms with van der Waals surface area (Å²) in [5, 5.41) is 0. The highest BCUT2D eigenvalue weighted by Gasteiger charge is 2.39. The van der Waals surface area contributed by atoms with Crippen LogP contribution in [0.1, 0.15) is 33.6 Å². The molecule has 0 aliphatic rings. The normalized spacial score (nSPS) is 11.2. The van der Waals surface area contributed by atoms with Crippen molar-refractivity contribution >= 4 is 21.2 Å². The van der Waals surface area contributed by atoms with E-state index in [0.717, 1.165) is 25.4 Å². The molecule has 0 aromatic rings. The van der Waals surface area contributed by atoms with E-state index in [9.17, 15) is 0 Å². The minimum Gasteiger partial charge on any atom is -0.374 e. The molecule has 0 radical (unpaired) electrons. The fraction of sp³-hybridized carbons (Fsp3) is 1.00. The van der Waals surface area contributed by atoms with Gasteiger partial charge in [0.25, 0.3) is 0 Å². The maximum Gasteiger partial charge on any atom is 0.500 e. The molecule has 0 aromatic carbocycles. The van der Waals surface area contributed by atoms with Gasteiger partial charge in [0.1, 0.15) is 0 Å². The summed E-state index contributed by atoms with van der Waals surface area (Å²) in [7, 11) is -2.39. The minimum absolute atomic E-state index is 0. The summed E-state index contributed by atoms with van der Waals surface area (Å²) in [5.74, 6) is 0. The largest absolute Gasteiger partial charge is 0.500 e. The standard InChI is InChI=1S/C10H25NO3Si.ClH/c1-4-12-15(13-5-2,14-6-3)10-8-7-9-11;/h4-11H2,1-3H3;1H. The van der Waals surface area contributed by atoms with Crippen molar-refractivity contribution in [1.29, 1.82) is 0 Å². The smallest absolute Gasteiger partial charge is 0.374 e. The zero-order valence-corrected chi connectivity index (χ0v) is 12.5. The van der Waals surface area contributed by atoms with E-state index in [4.69, 9.17) is 19.0 Å². The monoisotopic (exact) mass is 271 g/mol.